The molecule has 0 saturated carbocycles. The van der Waals surface area contributed by atoms with Gasteiger partial charge in [0, 0.05) is 16.2 Å². The molecule has 0 fully saturated rings. The Labute approximate surface area is 156 Å². The quantitative estimate of drug-likeness (QED) is 0.585. The van der Waals surface area contributed by atoms with Gasteiger partial charge in [-0.25, -0.2) is 4.79 Å². The molecule has 0 aliphatic rings. The van der Waals surface area contributed by atoms with Crippen molar-refractivity contribution in [1.82, 2.24) is 0 Å². The number of halogens is 1. The van der Waals surface area contributed by atoms with Crippen LogP contribution in [0.3, 0.4) is 0 Å². The molecule has 1 amide bonds. The van der Waals surface area contributed by atoms with Gasteiger partial charge in [-0.05, 0) is 55.7 Å². The summed E-state index contributed by atoms with van der Waals surface area (Å²) in [7, 11) is 0. The molecule has 0 spiro atoms. The lowest BCUT2D eigenvalue weighted by molar-refractivity contribution is -0.148. The molecule has 1 N–H and O–H groups in total. The fraction of sp³-hybridized carbons (Fsp3) is 0.200. The second-order valence-electron chi connectivity index (χ2n) is 5.72. The molecule has 1 atom stereocenters. The van der Waals surface area contributed by atoms with Crippen molar-refractivity contribution in [3.8, 4) is 0 Å². The van der Waals surface area contributed by atoms with E-state index >= 15 is 0 Å². The minimum absolute atomic E-state index is 0.360. The largest absolute Gasteiger partial charge is 0.449 e. The molecular weight excluding hydrogens is 382 g/mol. The average molecular weight is 402 g/mol. The van der Waals surface area contributed by atoms with Gasteiger partial charge in [-0.15, -0.1) is 0 Å². The number of anilines is 1. The summed E-state index contributed by atoms with van der Waals surface area (Å²) in [5, 5.41) is 2.82. The van der Waals surface area contributed by atoms with Gasteiger partial charge in [0.1, 0.15) is 0 Å². The van der Waals surface area contributed by atoms with Gasteiger partial charge < -0.3 is 10.1 Å². The molecule has 2 rings (SSSR count). The monoisotopic (exact) mass is 401 g/mol. The molecule has 0 bridgehead atoms. The average Bonchev–Trinajstić information content (AvgIpc) is 2.56. The van der Waals surface area contributed by atoms with Crippen LogP contribution in [0.15, 0.2) is 53.0 Å². The number of carbonyl (C=O) groups excluding carboxylic acids is 2. The first kappa shape index (κ1) is 18.9. The lowest BCUT2D eigenvalue weighted by Crippen LogP contribution is -2.30. The van der Waals surface area contributed by atoms with Crippen LogP contribution < -0.4 is 5.32 Å². The maximum Gasteiger partial charge on any atom is 0.331 e. The van der Waals surface area contributed by atoms with Crippen molar-refractivity contribution >= 4 is 39.6 Å². The second-order valence-corrected chi connectivity index (χ2v) is 6.64. The number of carbonyl (C=O) groups is 2. The van der Waals surface area contributed by atoms with Crippen LogP contribution in [-0.4, -0.2) is 18.0 Å². The SMILES string of the molecule is Cc1cccc(C)c1NC(=O)C(C)OC(=O)/C=C/c1cccc(Br)c1. The summed E-state index contributed by atoms with van der Waals surface area (Å²) in [6.45, 7) is 5.38. The Morgan fingerprint density at radius 3 is 2.40 bits per heavy atom. The van der Waals surface area contributed by atoms with E-state index in [1.165, 1.54) is 6.08 Å². The van der Waals surface area contributed by atoms with Crippen molar-refractivity contribution in [2.45, 2.75) is 26.9 Å². The summed E-state index contributed by atoms with van der Waals surface area (Å²) < 4.78 is 6.09. The van der Waals surface area contributed by atoms with Crippen LogP contribution in [0.25, 0.3) is 6.08 Å². The van der Waals surface area contributed by atoms with Crippen LogP contribution in [-0.2, 0) is 14.3 Å². The fourth-order valence-electron chi connectivity index (χ4n) is 2.28. The Balaban J connectivity index is 1.95. The Bertz CT molecular complexity index is 794. The van der Waals surface area contributed by atoms with Crippen LogP contribution in [0.1, 0.15) is 23.6 Å². The molecule has 0 aromatic heterocycles. The topological polar surface area (TPSA) is 55.4 Å². The highest BCUT2D eigenvalue weighted by Gasteiger charge is 2.18. The van der Waals surface area contributed by atoms with Crippen LogP contribution in [0.4, 0.5) is 5.69 Å². The van der Waals surface area contributed by atoms with Crippen LogP contribution in [0.5, 0.6) is 0 Å². The van der Waals surface area contributed by atoms with E-state index < -0.39 is 12.1 Å². The van der Waals surface area contributed by atoms with E-state index in [4.69, 9.17) is 4.74 Å². The third-order valence-electron chi connectivity index (χ3n) is 3.65. The minimum atomic E-state index is -0.890. The number of esters is 1. The fourth-order valence-corrected chi connectivity index (χ4v) is 2.69. The minimum Gasteiger partial charge on any atom is -0.449 e. The molecule has 1 unspecified atom stereocenters. The van der Waals surface area contributed by atoms with Crippen molar-refractivity contribution in [2.24, 2.45) is 0 Å². The summed E-state index contributed by atoms with van der Waals surface area (Å²) in [4.78, 5) is 24.2. The second kappa shape index (κ2) is 8.62. The lowest BCUT2D eigenvalue weighted by Gasteiger charge is -2.15. The van der Waals surface area contributed by atoms with E-state index in [1.54, 1.807) is 13.0 Å². The standard InChI is InChI=1S/C20H20BrNO3/c1-13-6-4-7-14(2)19(13)22-20(24)15(3)25-18(23)11-10-16-8-5-9-17(21)12-16/h4-12,15H,1-3H3,(H,22,24)/b11-10+. The first-order valence-electron chi connectivity index (χ1n) is 7.88. The summed E-state index contributed by atoms with van der Waals surface area (Å²) in [5.41, 5.74) is 3.53. The number of ether oxygens (including phenoxy) is 1. The van der Waals surface area contributed by atoms with Gasteiger partial charge in [0.2, 0.25) is 0 Å². The van der Waals surface area contributed by atoms with E-state index in [0.29, 0.717) is 0 Å². The van der Waals surface area contributed by atoms with Crippen molar-refractivity contribution < 1.29 is 14.3 Å². The highest BCUT2D eigenvalue weighted by Crippen LogP contribution is 2.20. The molecule has 0 aliphatic carbocycles. The molecule has 25 heavy (non-hydrogen) atoms. The predicted octanol–water partition coefficient (Wildman–Crippen LogP) is 4.65. The van der Waals surface area contributed by atoms with E-state index in [-0.39, 0.29) is 5.91 Å². The van der Waals surface area contributed by atoms with Gasteiger partial charge in [0.05, 0.1) is 0 Å². The Hall–Kier alpha value is -2.40. The molecule has 2 aromatic rings. The summed E-state index contributed by atoms with van der Waals surface area (Å²) in [6.07, 6.45) is 2.06. The van der Waals surface area contributed by atoms with Crippen molar-refractivity contribution in [2.75, 3.05) is 5.32 Å². The number of amides is 1. The van der Waals surface area contributed by atoms with E-state index in [9.17, 15) is 9.59 Å². The third-order valence-corrected chi connectivity index (χ3v) is 4.15. The number of hydrogen-bond donors (Lipinski definition) is 1. The number of aryl methyl sites for hydroxylation is 2. The molecule has 4 nitrogen and oxygen atoms in total. The normalized spacial score (nSPS) is 12.0. The Morgan fingerprint density at radius 2 is 1.76 bits per heavy atom. The molecule has 0 heterocycles. The van der Waals surface area contributed by atoms with Crippen LogP contribution >= 0.6 is 15.9 Å². The van der Waals surface area contributed by atoms with Crippen LogP contribution in [0, 0.1) is 13.8 Å². The van der Waals surface area contributed by atoms with E-state index in [0.717, 1.165) is 26.9 Å². The van der Waals surface area contributed by atoms with Gasteiger partial charge in [0.15, 0.2) is 6.10 Å². The first-order chi connectivity index (χ1) is 11.9. The van der Waals surface area contributed by atoms with Crippen LogP contribution in [0.2, 0.25) is 0 Å². The summed E-state index contributed by atoms with van der Waals surface area (Å²) in [6, 6.07) is 13.3. The number of para-hydroxylation sites is 1. The predicted molar refractivity (Wildman–Crippen MR) is 103 cm³/mol. The zero-order valence-electron chi connectivity index (χ0n) is 14.4. The van der Waals surface area contributed by atoms with Gasteiger partial charge in [-0.2, -0.15) is 0 Å². The number of rotatable bonds is 5. The zero-order valence-corrected chi connectivity index (χ0v) is 16.0. The van der Waals surface area contributed by atoms with E-state index in [1.807, 2.05) is 56.3 Å². The molecule has 5 heteroatoms. The van der Waals surface area contributed by atoms with Gasteiger partial charge in [0.25, 0.3) is 5.91 Å². The van der Waals surface area contributed by atoms with Gasteiger partial charge >= 0.3 is 5.97 Å². The number of nitrogens with one attached hydrogen (secondary N) is 1. The Kier molecular flexibility index (Phi) is 6.53. The summed E-state index contributed by atoms with van der Waals surface area (Å²) >= 11 is 3.37. The molecular formula is C20H20BrNO3. The molecule has 0 saturated heterocycles. The first-order valence-corrected chi connectivity index (χ1v) is 8.67. The highest BCUT2D eigenvalue weighted by molar-refractivity contribution is 9.10. The molecule has 130 valence electrons. The zero-order chi connectivity index (χ0) is 18.4. The van der Waals surface area contributed by atoms with Crippen molar-refractivity contribution in [3.05, 3.63) is 69.7 Å². The molecule has 2 aromatic carbocycles. The highest BCUT2D eigenvalue weighted by atomic mass is 79.9. The van der Waals surface area contributed by atoms with Gasteiger partial charge in [-0.1, -0.05) is 46.3 Å². The number of benzene rings is 2. The maximum absolute atomic E-state index is 12.3. The van der Waals surface area contributed by atoms with Crippen molar-refractivity contribution in [3.63, 3.8) is 0 Å². The number of hydrogen-bond acceptors (Lipinski definition) is 3. The third kappa shape index (κ3) is 5.57. The smallest absolute Gasteiger partial charge is 0.331 e. The molecule has 0 radical (unpaired) electrons. The summed E-state index contributed by atoms with van der Waals surface area (Å²) in [5.74, 6) is -0.925. The Morgan fingerprint density at radius 1 is 1.12 bits per heavy atom. The maximum atomic E-state index is 12.3. The molecule has 0 aliphatic heterocycles. The van der Waals surface area contributed by atoms with E-state index in [2.05, 4.69) is 21.2 Å². The van der Waals surface area contributed by atoms with Gasteiger partial charge in [-0.3, -0.25) is 4.79 Å². The lowest BCUT2D eigenvalue weighted by atomic mass is 10.1. The van der Waals surface area contributed by atoms with Crippen molar-refractivity contribution in [1.29, 1.82) is 0 Å².